The lowest BCUT2D eigenvalue weighted by molar-refractivity contribution is -0.131. The van der Waals surface area contributed by atoms with Gasteiger partial charge in [-0.25, -0.2) is 8.78 Å². The Morgan fingerprint density at radius 3 is 2.30 bits per heavy atom. The summed E-state index contributed by atoms with van der Waals surface area (Å²) in [4.78, 5) is 24.3. The molecule has 0 aliphatic carbocycles. The molecule has 0 radical (unpaired) electrons. The normalized spacial score (nSPS) is 13.0. The number of amides is 2. The van der Waals surface area contributed by atoms with E-state index < -0.39 is 29.5 Å². The molecule has 0 bridgehead atoms. The number of nitrogens with one attached hydrogen (secondary N) is 2. The van der Waals surface area contributed by atoms with Crippen LogP contribution in [0.4, 0.5) is 8.78 Å². The number of hydrogen-bond acceptors (Lipinski definition) is 4. The lowest BCUT2D eigenvalue weighted by Gasteiger charge is -2.22. The third kappa shape index (κ3) is 6.54. The summed E-state index contributed by atoms with van der Waals surface area (Å²) >= 11 is 0. The fraction of sp³-hybridized carbons (Fsp3) is 0.300. The van der Waals surface area contributed by atoms with Crippen LogP contribution in [0.1, 0.15) is 24.1 Å². The largest absolute Gasteiger partial charge is 0.383 e. The molecular formula is C20H22F2N2O3. The van der Waals surface area contributed by atoms with E-state index in [9.17, 15) is 18.4 Å². The number of benzene rings is 2. The molecule has 0 saturated heterocycles. The van der Waals surface area contributed by atoms with Gasteiger partial charge in [0, 0.05) is 13.2 Å². The van der Waals surface area contributed by atoms with Crippen LogP contribution in [0, 0.1) is 11.6 Å². The third-order valence-corrected chi connectivity index (χ3v) is 3.93. The van der Waals surface area contributed by atoms with E-state index in [1.54, 1.807) is 14.0 Å². The topological polar surface area (TPSA) is 67.4 Å². The molecule has 0 aromatic heterocycles. The Balaban J connectivity index is 1.94. The van der Waals surface area contributed by atoms with Crippen LogP contribution in [0.3, 0.4) is 0 Å². The molecule has 7 heteroatoms. The lowest BCUT2D eigenvalue weighted by Crippen LogP contribution is -2.46. The number of carbonyl (C=O) groups is 2. The van der Waals surface area contributed by atoms with Crippen molar-refractivity contribution in [3.05, 3.63) is 71.3 Å². The summed E-state index contributed by atoms with van der Waals surface area (Å²) in [7, 11) is 1.56. The van der Waals surface area contributed by atoms with Crippen LogP contribution < -0.4 is 10.6 Å². The number of hydrogen-bond donors (Lipinski definition) is 2. The summed E-state index contributed by atoms with van der Waals surface area (Å²) in [6, 6.07) is 11.4. The average Bonchev–Trinajstić information content (AvgIpc) is 2.61. The van der Waals surface area contributed by atoms with Crippen molar-refractivity contribution in [2.45, 2.75) is 25.4 Å². The Kier molecular flexibility index (Phi) is 7.57. The van der Waals surface area contributed by atoms with Crippen LogP contribution in [0.15, 0.2) is 48.5 Å². The molecule has 0 aliphatic rings. The summed E-state index contributed by atoms with van der Waals surface area (Å²) in [5.41, 5.74) is 1.10. The first-order valence-electron chi connectivity index (χ1n) is 8.47. The van der Waals surface area contributed by atoms with Gasteiger partial charge in [0.2, 0.25) is 11.8 Å². The highest BCUT2D eigenvalue weighted by molar-refractivity contribution is 5.98. The second kappa shape index (κ2) is 9.89. The molecular weight excluding hydrogens is 354 g/mol. The van der Waals surface area contributed by atoms with Crippen molar-refractivity contribution in [3.8, 4) is 0 Å². The van der Waals surface area contributed by atoms with Crippen LogP contribution in [0.5, 0.6) is 0 Å². The molecule has 2 N–H and O–H groups in total. The summed E-state index contributed by atoms with van der Waals surface area (Å²) in [5, 5.41) is 5.35. The van der Waals surface area contributed by atoms with E-state index >= 15 is 0 Å². The molecule has 144 valence electrons. The van der Waals surface area contributed by atoms with Crippen LogP contribution in [0.2, 0.25) is 0 Å². The highest BCUT2D eigenvalue weighted by Crippen LogP contribution is 2.14. The van der Waals surface area contributed by atoms with E-state index in [1.807, 2.05) is 30.3 Å². The Morgan fingerprint density at radius 2 is 1.70 bits per heavy atom. The highest BCUT2D eigenvalue weighted by atomic mass is 19.1. The van der Waals surface area contributed by atoms with Gasteiger partial charge < -0.3 is 4.74 Å². The smallest absolute Gasteiger partial charge is 0.243 e. The van der Waals surface area contributed by atoms with Crippen molar-refractivity contribution < 1.29 is 23.1 Å². The summed E-state index contributed by atoms with van der Waals surface area (Å²) < 4.78 is 31.6. The zero-order valence-corrected chi connectivity index (χ0v) is 15.2. The quantitative estimate of drug-likeness (QED) is 0.743. The van der Waals surface area contributed by atoms with Crippen LogP contribution >= 0.6 is 0 Å². The molecule has 2 amide bonds. The van der Waals surface area contributed by atoms with Crippen molar-refractivity contribution in [1.82, 2.24) is 10.6 Å². The standard InChI is InChI=1S/C20H22F2N2O3/c1-13(23-18(12-27-2)15-6-4-3-5-7-15)20(26)24-19(25)10-14-8-16(21)11-17(22)9-14/h3-9,11,13,18,23H,10,12H2,1-2H3,(H,24,25,26)/t13-,18+/m0/s1. The van der Waals surface area contributed by atoms with Gasteiger partial charge in [-0.2, -0.15) is 0 Å². The predicted octanol–water partition coefficient (Wildman–Crippen LogP) is 2.52. The van der Waals surface area contributed by atoms with E-state index in [1.165, 1.54) is 0 Å². The predicted molar refractivity (Wildman–Crippen MR) is 96.9 cm³/mol. The first-order valence-corrected chi connectivity index (χ1v) is 8.47. The lowest BCUT2D eigenvalue weighted by atomic mass is 10.1. The Morgan fingerprint density at radius 1 is 1.07 bits per heavy atom. The molecule has 5 nitrogen and oxygen atoms in total. The van der Waals surface area contributed by atoms with E-state index in [4.69, 9.17) is 4.74 Å². The van der Waals surface area contributed by atoms with Gasteiger partial charge in [0.15, 0.2) is 0 Å². The first kappa shape index (κ1) is 20.7. The summed E-state index contributed by atoms with van der Waals surface area (Å²) in [6.07, 6.45) is -0.298. The second-order valence-corrected chi connectivity index (χ2v) is 6.17. The molecule has 2 atom stereocenters. The van der Waals surface area contributed by atoms with Gasteiger partial charge in [-0.1, -0.05) is 30.3 Å². The van der Waals surface area contributed by atoms with Gasteiger partial charge in [-0.05, 0) is 30.2 Å². The molecule has 27 heavy (non-hydrogen) atoms. The molecule has 0 saturated carbocycles. The number of halogens is 2. The Bertz CT molecular complexity index is 764. The summed E-state index contributed by atoms with van der Waals surface area (Å²) in [6.45, 7) is 1.97. The molecule has 2 aromatic carbocycles. The zero-order chi connectivity index (χ0) is 19.8. The maximum Gasteiger partial charge on any atom is 0.243 e. The van der Waals surface area contributed by atoms with Crippen LogP contribution in [-0.4, -0.2) is 31.6 Å². The molecule has 0 fully saturated rings. The van der Waals surface area contributed by atoms with Gasteiger partial charge in [-0.15, -0.1) is 0 Å². The number of carbonyl (C=O) groups excluding carboxylic acids is 2. The first-order chi connectivity index (χ1) is 12.9. The minimum atomic E-state index is -0.774. The molecule has 2 rings (SSSR count). The van der Waals surface area contributed by atoms with E-state index in [2.05, 4.69) is 10.6 Å². The second-order valence-electron chi connectivity index (χ2n) is 6.17. The minimum Gasteiger partial charge on any atom is -0.383 e. The fourth-order valence-electron chi connectivity index (χ4n) is 2.66. The van der Waals surface area contributed by atoms with Gasteiger partial charge in [0.05, 0.1) is 25.1 Å². The third-order valence-electron chi connectivity index (χ3n) is 3.93. The fourth-order valence-corrected chi connectivity index (χ4v) is 2.66. The van der Waals surface area contributed by atoms with Crippen molar-refractivity contribution in [2.75, 3.05) is 13.7 Å². The Hall–Kier alpha value is -2.64. The SMILES string of the molecule is COC[C@@H](N[C@@H](C)C(=O)NC(=O)Cc1cc(F)cc(F)c1)c1ccccc1. The van der Waals surface area contributed by atoms with E-state index in [-0.39, 0.29) is 18.0 Å². The van der Waals surface area contributed by atoms with Crippen molar-refractivity contribution >= 4 is 11.8 Å². The van der Waals surface area contributed by atoms with E-state index in [0.29, 0.717) is 6.61 Å². The Labute approximate surface area is 156 Å². The van der Waals surface area contributed by atoms with Gasteiger partial charge in [-0.3, -0.25) is 20.2 Å². The molecule has 0 spiro atoms. The average molecular weight is 376 g/mol. The van der Waals surface area contributed by atoms with Crippen molar-refractivity contribution in [1.29, 1.82) is 0 Å². The van der Waals surface area contributed by atoms with Gasteiger partial charge >= 0.3 is 0 Å². The molecule has 0 aliphatic heterocycles. The monoisotopic (exact) mass is 376 g/mol. The van der Waals surface area contributed by atoms with Crippen molar-refractivity contribution in [2.24, 2.45) is 0 Å². The number of rotatable bonds is 8. The van der Waals surface area contributed by atoms with E-state index in [0.717, 1.165) is 23.8 Å². The minimum absolute atomic E-state index is 0.153. The molecule has 2 aromatic rings. The maximum atomic E-state index is 13.2. The van der Waals surface area contributed by atoms with Gasteiger partial charge in [0.25, 0.3) is 0 Å². The maximum absolute atomic E-state index is 13.2. The van der Waals surface area contributed by atoms with Gasteiger partial charge in [0.1, 0.15) is 11.6 Å². The zero-order valence-electron chi connectivity index (χ0n) is 15.2. The number of imide groups is 1. The highest BCUT2D eigenvalue weighted by Gasteiger charge is 2.21. The number of methoxy groups -OCH3 is 1. The van der Waals surface area contributed by atoms with Crippen LogP contribution in [-0.2, 0) is 20.7 Å². The molecule has 0 heterocycles. The number of ether oxygens (including phenoxy) is 1. The molecule has 0 unspecified atom stereocenters. The summed E-state index contributed by atoms with van der Waals surface area (Å²) in [5.74, 6) is -2.72. The van der Waals surface area contributed by atoms with Crippen molar-refractivity contribution in [3.63, 3.8) is 0 Å². The van der Waals surface area contributed by atoms with Crippen LogP contribution in [0.25, 0.3) is 0 Å².